The summed E-state index contributed by atoms with van der Waals surface area (Å²) in [5.41, 5.74) is 1.13. The second-order valence-corrected chi connectivity index (χ2v) is 3.87. The van der Waals surface area contributed by atoms with Crippen LogP contribution in [0.5, 0.6) is 11.5 Å². The average Bonchev–Trinajstić information content (AvgIpc) is 2.35. The monoisotopic (exact) mass is 223 g/mol. The van der Waals surface area contributed by atoms with Gasteiger partial charge in [0.1, 0.15) is 11.5 Å². The standard InChI is InChI=1S/C13H21NO2/c1-5-10(2)14-9-11-8-12(15-3)6-7-13(11)16-4/h6-8,10,14H,5,9H2,1-4H3. The van der Waals surface area contributed by atoms with E-state index >= 15 is 0 Å². The maximum absolute atomic E-state index is 5.32. The molecule has 1 unspecified atom stereocenters. The lowest BCUT2D eigenvalue weighted by Gasteiger charge is -2.14. The van der Waals surface area contributed by atoms with Crippen LogP contribution in [-0.2, 0) is 6.54 Å². The first kappa shape index (κ1) is 12.8. The Morgan fingerprint density at radius 3 is 2.56 bits per heavy atom. The number of benzene rings is 1. The molecular weight excluding hydrogens is 202 g/mol. The van der Waals surface area contributed by atoms with E-state index in [0.29, 0.717) is 6.04 Å². The van der Waals surface area contributed by atoms with E-state index in [-0.39, 0.29) is 0 Å². The van der Waals surface area contributed by atoms with Crippen LogP contribution in [0.25, 0.3) is 0 Å². The topological polar surface area (TPSA) is 30.5 Å². The van der Waals surface area contributed by atoms with E-state index in [2.05, 4.69) is 19.2 Å². The summed E-state index contributed by atoms with van der Waals surface area (Å²) in [6, 6.07) is 6.36. The molecule has 90 valence electrons. The molecule has 0 fully saturated rings. The molecule has 0 saturated carbocycles. The van der Waals surface area contributed by atoms with Crippen molar-refractivity contribution in [2.75, 3.05) is 14.2 Å². The van der Waals surface area contributed by atoms with E-state index in [4.69, 9.17) is 9.47 Å². The molecule has 0 heterocycles. The highest BCUT2D eigenvalue weighted by Crippen LogP contribution is 2.23. The zero-order chi connectivity index (χ0) is 12.0. The van der Waals surface area contributed by atoms with Crippen molar-refractivity contribution in [3.8, 4) is 11.5 Å². The third-order valence-corrected chi connectivity index (χ3v) is 2.74. The summed E-state index contributed by atoms with van der Waals surface area (Å²) in [5.74, 6) is 1.76. The van der Waals surface area contributed by atoms with E-state index < -0.39 is 0 Å². The number of methoxy groups -OCH3 is 2. The van der Waals surface area contributed by atoms with Crippen LogP contribution in [0.2, 0.25) is 0 Å². The first-order chi connectivity index (χ1) is 7.71. The summed E-state index contributed by atoms with van der Waals surface area (Å²) in [6.45, 7) is 5.14. The first-order valence-corrected chi connectivity index (χ1v) is 5.65. The number of nitrogens with one attached hydrogen (secondary N) is 1. The zero-order valence-corrected chi connectivity index (χ0v) is 10.5. The molecule has 0 amide bonds. The molecule has 0 radical (unpaired) electrons. The molecule has 0 aliphatic carbocycles. The van der Waals surface area contributed by atoms with Crippen molar-refractivity contribution in [1.82, 2.24) is 5.32 Å². The Kier molecular flexibility index (Phi) is 5.12. The van der Waals surface area contributed by atoms with Crippen molar-refractivity contribution in [3.05, 3.63) is 23.8 Å². The van der Waals surface area contributed by atoms with Crippen molar-refractivity contribution in [3.63, 3.8) is 0 Å². The molecule has 0 saturated heterocycles. The molecule has 0 spiro atoms. The van der Waals surface area contributed by atoms with Crippen molar-refractivity contribution >= 4 is 0 Å². The normalized spacial score (nSPS) is 12.2. The Bertz CT molecular complexity index is 326. The lowest BCUT2D eigenvalue weighted by atomic mass is 10.1. The van der Waals surface area contributed by atoms with Crippen LogP contribution in [-0.4, -0.2) is 20.3 Å². The molecule has 1 atom stereocenters. The van der Waals surface area contributed by atoms with Crippen molar-refractivity contribution in [2.45, 2.75) is 32.9 Å². The van der Waals surface area contributed by atoms with Gasteiger partial charge in [-0.15, -0.1) is 0 Å². The quantitative estimate of drug-likeness (QED) is 0.804. The van der Waals surface area contributed by atoms with Crippen molar-refractivity contribution in [1.29, 1.82) is 0 Å². The fraction of sp³-hybridized carbons (Fsp3) is 0.538. The highest BCUT2D eigenvalue weighted by molar-refractivity contribution is 5.40. The van der Waals surface area contributed by atoms with Crippen LogP contribution in [0.15, 0.2) is 18.2 Å². The maximum atomic E-state index is 5.32. The van der Waals surface area contributed by atoms with Crippen LogP contribution in [0.4, 0.5) is 0 Å². The van der Waals surface area contributed by atoms with Crippen LogP contribution >= 0.6 is 0 Å². The zero-order valence-electron chi connectivity index (χ0n) is 10.5. The summed E-state index contributed by atoms with van der Waals surface area (Å²) in [6.07, 6.45) is 1.12. The minimum absolute atomic E-state index is 0.510. The Labute approximate surface area is 97.8 Å². The minimum Gasteiger partial charge on any atom is -0.497 e. The molecule has 0 aliphatic rings. The van der Waals surface area contributed by atoms with Crippen LogP contribution < -0.4 is 14.8 Å². The van der Waals surface area contributed by atoms with Gasteiger partial charge in [0, 0.05) is 18.2 Å². The highest BCUT2D eigenvalue weighted by atomic mass is 16.5. The molecule has 3 heteroatoms. The van der Waals surface area contributed by atoms with Gasteiger partial charge in [0.15, 0.2) is 0 Å². The minimum atomic E-state index is 0.510. The molecule has 1 aromatic rings. The van der Waals surface area contributed by atoms with Gasteiger partial charge >= 0.3 is 0 Å². The molecular formula is C13H21NO2. The van der Waals surface area contributed by atoms with Gasteiger partial charge in [-0.3, -0.25) is 0 Å². The predicted molar refractivity (Wildman–Crippen MR) is 66.1 cm³/mol. The summed E-state index contributed by atoms with van der Waals surface area (Å²) in [5, 5.41) is 3.44. The van der Waals surface area contributed by atoms with Crippen LogP contribution in [0, 0.1) is 0 Å². The SMILES string of the molecule is CCC(C)NCc1cc(OC)ccc1OC. The summed E-state index contributed by atoms with van der Waals surface area (Å²) in [4.78, 5) is 0. The summed E-state index contributed by atoms with van der Waals surface area (Å²) >= 11 is 0. The van der Waals surface area contributed by atoms with Crippen molar-refractivity contribution in [2.24, 2.45) is 0 Å². The molecule has 3 nitrogen and oxygen atoms in total. The van der Waals surface area contributed by atoms with Crippen LogP contribution in [0.3, 0.4) is 0 Å². The Hall–Kier alpha value is -1.22. The molecule has 0 bridgehead atoms. The fourth-order valence-corrected chi connectivity index (χ4v) is 1.45. The Morgan fingerprint density at radius 2 is 2.00 bits per heavy atom. The number of rotatable bonds is 6. The molecule has 1 N–H and O–H groups in total. The van der Waals surface area contributed by atoms with E-state index in [1.165, 1.54) is 0 Å². The molecule has 0 aromatic heterocycles. The van der Waals surface area contributed by atoms with E-state index in [1.54, 1.807) is 14.2 Å². The van der Waals surface area contributed by atoms with Gasteiger partial charge in [0.25, 0.3) is 0 Å². The third-order valence-electron chi connectivity index (χ3n) is 2.74. The van der Waals surface area contributed by atoms with Crippen LogP contribution in [0.1, 0.15) is 25.8 Å². The Balaban J connectivity index is 2.75. The van der Waals surface area contributed by atoms with Gasteiger partial charge in [0.2, 0.25) is 0 Å². The second kappa shape index (κ2) is 6.38. The highest BCUT2D eigenvalue weighted by Gasteiger charge is 2.06. The van der Waals surface area contributed by atoms with Gasteiger partial charge in [0.05, 0.1) is 14.2 Å². The molecule has 16 heavy (non-hydrogen) atoms. The number of hydrogen-bond donors (Lipinski definition) is 1. The molecule has 1 aromatic carbocycles. The van der Waals surface area contributed by atoms with Gasteiger partial charge in [-0.05, 0) is 31.5 Å². The van der Waals surface area contributed by atoms with Gasteiger partial charge in [-0.2, -0.15) is 0 Å². The van der Waals surface area contributed by atoms with Crippen molar-refractivity contribution < 1.29 is 9.47 Å². The fourth-order valence-electron chi connectivity index (χ4n) is 1.45. The average molecular weight is 223 g/mol. The summed E-state index contributed by atoms with van der Waals surface area (Å²) < 4.78 is 10.5. The van der Waals surface area contributed by atoms with E-state index in [1.807, 2.05) is 18.2 Å². The number of ether oxygens (including phenoxy) is 2. The van der Waals surface area contributed by atoms with Gasteiger partial charge < -0.3 is 14.8 Å². The first-order valence-electron chi connectivity index (χ1n) is 5.65. The Morgan fingerprint density at radius 1 is 1.25 bits per heavy atom. The smallest absolute Gasteiger partial charge is 0.123 e. The third kappa shape index (κ3) is 3.42. The second-order valence-electron chi connectivity index (χ2n) is 3.87. The summed E-state index contributed by atoms with van der Waals surface area (Å²) in [7, 11) is 3.36. The predicted octanol–water partition coefficient (Wildman–Crippen LogP) is 2.59. The largest absolute Gasteiger partial charge is 0.497 e. The number of hydrogen-bond acceptors (Lipinski definition) is 3. The van der Waals surface area contributed by atoms with E-state index in [0.717, 1.165) is 30.0 Å². The maximum Gasteiger partial charge on any atom is 0.123 e. The molecule has 0 aliphatic heterocycles. The van der Waals surface area contributed by atoms with Gasteiger partial charge in [-0.25, -0.2) is 0 Å². The lowest BCUT2D eigenvalue weighted by Crippen LogP contribution is -2.24. The van der Waals surface area contributed by atoms with Gasteiger partial charge in [-0.1, -0.05) is 6.92 Å². The lowest BCUT2D eigenvalue weighted by molar-refractivity contribution is 0.395. The molecule has 1 rings (SSSR count). The van der Waals surface area contributed by atoms with E-state index in [9.17, 15) is 0 Å².